The minimum Gasteiger partial charge on any atom is -0.493 e. The van der Waals surface area contributed by atoms with Gasteiger partial charge in [-0.15, -0.1) is 0 Å². The molecule has 1 spiro atoms. The molecule has 1 aliphatic carbocycles. The van der Waals surface area contributed by atoms with E-state index in [9.17, 15) is 4.79 Å². The van der Waals surface area contributed by atoms with E-state index in [1.165, 1.54) is 11.6 Å². The van der Waals surface area contributed by atoms with Crippen molar-refractivity contribution >= 4 is 12.0 Å². The third kappa shape index (κ3) is 5.42. The summed E-state index contributed by atoms with van der Waals surface area (Å²) in [5.74, 6) is 0.883. The predicted molar refractivity (Wildman–Crippen MR) is 133 cm³/mol. The monoisotopic (exact) mass is 486 g/mol. The van der Waals surface area contributed by atoms with Gasteiger partial charge in [0, 0.05) is 13.2 Å². The van der Waals surface area contributed by atoms with E-state index < -0.39 is 5.97 Å². The zero-order valence-electron chi connectivity index (χ0n) is 21.7. The van der Waals surface area contributed by atoms with Crippen LogP contribution in [0.2, 0.25) is 0 Å². The maximum atomic E-state index is 12.8. The smallest absolute Gasteiger partial charge is 0.331 e. The molecule has 2 saturated heterocycles. The molecule has 0 bridgehead atoms. The molecule has 0 radical (unpaired) electrons. The lowest BCUT2D eigenvalue weighted by molar-refractivity contribution is -0.166. The van der Waals surface area contributed by atoms with Gasteiger partial charge < -0.3 is 28.4 Å². The van der Waals surface area contributed by atoms with Crippen LogP contribution in [0.15, 0.2) is 35.9 Å². The number of ether oxygens (including phenoxy) is 6. The molecule has 3 fully saturated rings. The molecule has 2 aliphatic heterocycles. The second-order valence-electron chi connectivity index (χ2n) is 10.0. The van der Waals surface area contributed by atoms with Crippen LogP contribution in [0.1, 0.15) is 52.5 Å². The Balaban J connectivity index is 1.44. The van der Waals surface area contributed by atoms with Gasteiger partial charge in [-0.25, -0.2) is 4.79 Å². The van der Waals surface area contributed by atoms with Gasteiger partial charge in [0.25, 0.3) is 0 Å². The summed E-state index contributed by atoms with van der Waals surface area (Å²) in [6, 6.07) is 5.53. The number of benzene rings is 1. The fourth-order valence-corrected chi connectivity index (χ4v) is 5.49. The van der Waals surface area contributed by atoms with E-state index >= 15 is 0 Å². The lowest BCUT2D eigenvalue weighted by Crippen LogP contribution is -2.55. The average Bonchev–Trinajstić information content (AvgIpc) is 3.75. The molecule has 0 amide bonds. The summed E-state index contributed by atoms with van der Waals surface area (Å²) in [7, 11) is 3.27. The van der Waals surface area contributed by atoms with Gasteiger partial charge in [-0.05, 0) is 70.7 Å². The van der Waals surface area contributed by atoms with Crippen molar-refractivity contribution in [1.82, 2.24) is 0 Å². The SMILES string of the molecule is CCOc1ccc(/C=C/C(=O)O[C@@H]2CC[C@]3(CO3)C(C3(C)O[C@H]3CC=C(C)C)[C@@H]2OC)cc1OC. The number of carbonyl (C=O) groups is 1. The molecular weight excluding hydrogens is 448 g/mol. The first-order valence-corrected chi connectivity index (χ1v) is 12.4. The van der Waals surface area contributed by atoms with Crippen LogP contribution in [0, 0.1) is 5.92 Å². The van der Waals surface area contributed by atoms with E-state index in [4.69, 9.17) is 28.4 Å². The van der Waals surface area contributed by atoms with E-state index in [0.29, 0.717) is 31.1 Å². The average molecular weight is 487 g/mol. The standard InChI is InChI=1S/C28H38O7/c1-7-32-20-11-9-19(16-22(20)30-5)10-13-24(29)34-21-14-15-28(17-33-28)26(25(21)31-6)27(4)23(35-27)12-8-18(2)3/h8-11,13,16,21,23,25-26H,7,12,14-15,17H2,1-6H3/b13-10+/t21-,23+,25-,26?,27?,28+/m1/s1. The highest BCUT2D eigenvalue weighted by Gasteiger charge is 2.72. The topological polar surface area (TPSA) is 79.1 Å². The molecule has 0 N–H and O–H groups in total. The van der Waals surface area contributed by atoms with Crippen LogP contribution in [0.3, 0.4) is 0 Å². The van der Waals surface area contributed by atoms with Crippen molar-refractivity contribution in [1.29, 1.82) is 0 Å². The Hall–Kier alpha value is -2.35. The van der Waals surface area contributed by atoms with E-state index in [1.54, 1.807) is 20.3 Å². The largest absolute Gasteiger partial charge is 0.493 e. The molecule has 1 saturated carbocycles. The Morgan fingerprint density at radius 1 is 1.23 bits per heavy atom. The molecule has 4 rings (SSSR count). The lowest BCUT2D eigenvalue weighted by Gasteiger charge is -2.42. The van der Waals surface area contributed by atoms with E-state index in [2.05, 4.69) is 26.8 Å². The van der Waals surface area contributed by atoms with Gasteiger partial charge in [-0.2, -0.15) is 0 Å². The second kappa shape index (κ2) is 10.3. The fourth-order valence-electron chi connectivity index (χ4n) is 5.49. The maximum Gasteiger partial charge on any atom is 0.331 e. The van der Waals surface area contributed by atoms with Crippen molar-refractivity contribution in [2.45, 2.75) is 76.5 Å². The summed E-state index contributed by atoms with van der Waals surface area (Å²) in [6.07, 6.45) is 7.21. The Labute approximate surface area is 208 Å². The second-order valence-corrected chi connectivity index (χ2v) is 10.0. The molecule has 3 aliphatic rings. The molecule has 1 aromatic carbocycles. The van der Waals surface area contributed by atoms with Crippen molar-refractivity contribution in [3.63, 3.8) is 0 Å². The molecular formula is C28H38O7. The van der Waals surface area contributed by atoms with E-state index in [-0.39, 0.29) is 35.4 Å². The van der Waals surface area contributed by atoms with Gasteiger partial charge >= 0.3 is 5.97 Å². The van der Waals surface area contributed by atoms with E-state index in [0.717, 1.165) is 18.4 Å². The third-order valence-corrected chi connectivity index (χ3v) is 7.40. The number of methoxy groups -OCH3 is 2. The molecule has 1 aromatic rings. The number of hydrogen-bond donors (Lipinski definition) is 0. The van der Waals surface area contributed by atoms with Crippen molar-refractivity contribution in [2.75, 3.05) is 27.4 Å². The molecule has 192 valence electrons. The van der Waals surface area contributed by atoms with Gasteiger partial charge in [0.2, 0.25) is 0 Å². The molecule has 2 heterocycles. The first kappa shape index (κ1) is 25.7. The minimum atomic E-state index is -0.403. The summed E-state index contributed by atoms with van der Waals surface area (Å²) >= 11 is 0. The van der Waals surface area contributed by atoms with Crippen LogP contribution in [-0.4, -0.2) is 62.9 Å². The number of esters is 1. The summed E-state index contributed by atoms with van der Waals surface area (Å²) in [6.45, 7) is 9.49. The van der Waals surface area contributed by atoms with Crippen molar-refractivity contribution in [3.05, 3.63) is 41.5 Å². The first-order chi connectivity index (χ1) is 16.8. The number of epoxide rings is 2. The number of rotatable bonds is 10. The number of carbonyl (C=O) groups excluding carboxylic acids is 1. The van der Waals surface area contributed by atoms with Gasteiger partial charge in [0.15, 0.2) is 11.5 Å². The van der Waals surface area contributed by atoms with Crippen molar-refractivity contribution in [3.8, 4) is 11.5 Å². The zero-order valence-corrected chi connectivity index (χ0v) is 21.7. The highest BCUT2D eigenvalue weighted by molar-refractivity contribution is 5.87. The Bertz CT molecular complexity index is 976. The molecule has 7 heteroatoms. The Morgan fingerprint density at radius 2 is 2.00 bits per heavy atom. The van der Waals surface area contributed by atoms with Crippen molar-refractivity contribution < 1.29 is 33.2 Å². The molecule has 6 atom stereocenters. The summed E-state index contributed by atoms with van der Waals surface area (Å²) in [4.78, 5) is 12.8. The maximum absolute atomic E-state index is 12.8. The van der Waals surface area contributed by atoms with Crippen LogP contribution in [0.5, 0.6) is 11.5 Å². The van der Waals surface area contributed by atoms with Crippen LogP contribution in [0.25, 0.3) is 6.08 Å². The van der Waals surface area contributed by atoms with Gasteiger partial charge in [-0.1, -0.05) is 17.7 Å². The number of hydrogen-bond acceptors (Lipinski definition) is 7. The van der Waals surface area contributed by atoms with E-state index in [1.807, 2.05) is 25.1 Å². The van der Waals surface area contributed by atoms with Crippen LogP contribution in [-0.2, 0) is 23.7 Å². The lowest BCUT2D eigenvalue weighted by atomic mass is 9.68. The molecule has 7 nitrogen and oxygen atoms in total. The molecule has 0 aromatic heterocycles. The fraction of sp³-hybridized carbons (Fsp3) is 0.607. The first-order valence-electron chi connectivity index (χ1n) is 12.4. The van der Waals surface area contributed by atoms with Crippen LogP contribution < -0.4 is 9.47 Å². The van der Waals surface area contributed by atoms with Crippen LogP contribution >= 0.6 is 0 Å². The third-order valence-electron chi connectivity index (χ3n) is 7.40. The number of allylic oxidation sites excluding steroid dienone is 1. The van der Waals surface area contributed by atoms with Crippen LogP contribution in [0.4, 0.5) is 0 Å². The predicted octanol–water partition coefficient (Wildman–Crippen LogP) is 4.73. The Kier molecular flexibility index (Phi) is 7.60. The summed E-state index contributed by atoms with van der Waals surface area (Å²) in [5.41, 5.74) is 1.49. The van der Waals surface area contributed by atoms with Gasteiger partial charge in [0.1, 0.15) is 23.4 Å². The Morgan fingerprint density at radius 3 is 2.63 bits per heavy atom. The normalized spacial score (nSPS) is 33.4. The van der Waals surface area contributed by atoms with Gasteiger partial charge in [-0.3, -0.25) is 0 Å². The quantitative estimate of drug-likeness (QED) is 0.205. The summed E-state index contributed by atoms with van der Waals surface area (Å²) < 4.78 is 35.0. The van der Waals surface area contributed by atoms with Gasteiger partial charge in [0.05, 0.1) is 32.3 Å². The minimum absolute atomic E-state index is 0.00135. The van der Waals surface area contributed by atoms with Crippen molar-refractivity contribution in [2.24, 2.45) is 5.92 Å². The molecule has 35 heavy (non-hydrogen) atoms. The summed E-state index contributed by atoms with van der Waals surface area (Å²) in [5, 5.41) is 0. The molecule has 2 unspecified atom stereocenters. The highest BCUT2D eigenvalue weighted by Crippen LogP contribution is 2.59. The highest BCUT2D eigenvalue weighted by atomic mass is 16.6. The zero-order chi connectivity index (χ0) is 25.2.